The van der Waals surface area contributed by atoms with E-state index in [0.717, 1.165) is 12.8 Å². The molecule has 2 bridgehead atoms. The highest BCUT2D eigenvalue weighted by atomic mass is 16.5. The molecule has 1 aromatic rings. The number of aliphatic hydroxyl groups is 1. The fraction of sp³-hybridized carbons (Fsp3) is 0.640. The Hall–Kier alpha value is -2.45. The van der Waals surface area contributed by atoms with Crippen LogP contribution in [-0.4, -0.2) is 64.2 Å². The summed E-state index contributed by atoms with van der Waals surface area (Å²) < 4.78 is 6.66. The van der Waals surface area contributed by atoms with Crippen LogP contribution in [0.1, 0.15) is 52.9 Å². The first-order valence-electron chi connectivity index (χ1n) is 12.1. The van der Waals surface area contributed by atoms with Crippen molar-refractivity contribution in [3.63, 3.8) is 0 Å². The van der Waals surface area contributed by atoms with Crippen LogP contribution in [0, 0.1) is 11.8 Å². The zero-order valence-corrected chi connectivity index (χ0v) is 19.7. The molecule has 33 heavy (non-hydrogen) atoms. The fourth-order valence-corrected chi connectivity index (χ4v) is 6.14. The predicted molar refractivity (Wildman–Crippen MR) is 123 cm³/mol. The lowest BCUT2D eigenvalue weighted by Crippen LogP contribution is -2.57. The number of likely N-dealkylation sites (tertiary alicyclic amines) is 1. The van der Waals surface area contributed by atoms with E-state index in [1.54, 1.807) is 19.1 Å². The highest BCUT2D eigenvalue weighted by Crippen LogP contribution is 2.64. The number of carbonyl (C=O) groups is 3. The smallest absolute Gasteiger partial charge is 0.245 e. The second-order valence-corrected chi connectivity index (χ2v) is 9.61. The molecule has 0 aliphatic carbocycles. The number of hydrogen-bond donors (Lipinski definition) is 3. The zero-order valence-electron chi connectivity index (χ0n) is 19.7. The number of benzene rings is 1. The number of rotatable bonds is 9. The van der Waals surface area contributed by atoms with Gasteiger partial charge in [-0.3, -0.25) is 14.4 Å². The molecule has 3 heterocycles. The number of amides is 3. The Morgan fingerprint density at radius 2 is 1.94 bits per heavy atom. The highest BCUT2D eigenvalue weighted by molar-refractivity contribution is 6.02. The first-order valence-corrected chi connectivity index (χ1v) is 12.1. The lowest BCUT2D eigenvalue weighted by Gasteiger charge is -2.36. The Morgan fingerprint density at radius 3 is 2.58 bits per heavy atom. The summed E-state index contributed by atoms with van der Waals surface area (Å²) in [5, 5.41) is 15.8. The van der Waals surface area contributed by atoms with E-state index in [1.165, 1.54) is 4.90 Å². The Morgan fingerprint density at radius 1 is 1.21 bits per heavy atom. The SMILES string of the molecule is CCCCNC(=O)C1N([C@H](C)CO)C(=O)[C@@H]2[C@H](C(=O)Nc3ccccc3)[C@]3(CC)CCC12O3. The second kappa shape index (κ2) is 9.06. The zero-order chi connectivity index (χ0) is 23.8. The van der Waals surface area contributed by atoms with Crippen molar-refractivity contribution in [2.75, 3.05) is 18.5 Å². The number of para-hydroxylation sites is 1. The number of aliphatic hydroxyl groups excluding tert-OH is 1. The Kier molecular flexibility index (Phi) is 6.51. The summed E-state index contributed by atoms with van der Waals surface area (Å²) in [6.45, 7) is 5.98. The first kappa shape index (κ1) is 23.7. The van der Waals surface area contributed by atoms with Gasteiger partial charge in [0, 0.05) is 12.2 Å². The third-order valence-electron chi connectivity index (χ3n) is 7.76. The number of nitrogens with one attached hydrogen (secondary N) is 2. The molecule has 1 aromatic carbocycles. The molecule has 8 nitrogen and oxygen atoms in total. The summed E-state index contributed by atoms with van der Waals surface area (Å²) >= 11 is 0. The van der Waals surface area contributed by atoms with Crippen molar-refractivity contribution in [2.24, 2.45) is 11.8 Å². The van der Waals surface area contributed by atoms with E-state index in [0.29, 0.717) is 31.5 Å². The molecule has 0 aromatic heterocycles. The van der Waals surface area contributed by atoms with Crippen LogP contribution in [0.5, 0.6) is 0 Å². The quantitative estimate of drug-likeness (QED) is 0.492. The molecule has 180 valence electrons. The van der Waals surface area contributed by atoms with Crippen molar-refractivity contribution >= 4 is 23.4 Å². The van der Waals surface area contributed by atoms with Crippen molar-refractivity contribution in [1.82, 2.24) is 10.2 Å². The summed E-state index contributed by atoms with van der Waals surface area (Å²) in [6.07, 6.45) is 3.49. The minimum absolute atomic E-state index is 0.258. The Balaban J connectivity index is 1.72. The van der Waals surface area contributed by atoms with E-state index < -0.39 is 35.1 Å². The van der Waals surface area contributed by atoms with Gasteiger partial charge in [0.25, 0.3) is 0 Å². The average Bonchev–Trinajstić information content (AvgIpc) is 3.43. The van der Waals surface area contributed by atoms with Gasteiger partial charge in [-0.25, -0.2) is 0 Å². The molecule has 0 saturated carbocycles. The molecule has 0 radical (unpaired) electrons. The van der Waals surface area contributed by atoms with Crippen molar-refractivity contribution in [3.05, 3.63) is 30.3 Å². The number of ether oxygens (including phenoxy) is 1. The summed E-state index contributed by atoms with van der Waals surface area (Å²) in [5.74, 6) is -2.27. The Bertz CT molecular complexity index is 909. The van der Waals surface area contributed by atoms with Crippen molar-refractivity contribution in [3.8, 4) is 0 Å². The maximum Gasteiger partial charge on any atom is 0.245 e. The van der Waals surface area contributed by atoms with Crippen LogP contribution >= 0.6 is 0 Å². The normalized spacial score (nSPS) is 33.2. The first-order chi connectivity index (χ1) is 15.8. The number of carbonyl (C=O) groups excluding carboxylic acids is 3. The maximum atomic E-state index is 13.8. The molecule has 6 atom stereocenters. The lowest BCUT2D eigenvalue weighted by molar-refractivity contribution is -0.149. The number of hydrogen-bond acceptors (Lipinski definition) is 5. The molecule has 3 aliphatic rings. The standard InChI is InChI=1S/C25H35N3O5/c1-4-6-14-26-22(31)20-25-13-12-24(5-2,33-25)18(19(25)23(32)28(20)16(3)15-29)21(30)27-17-10-8-7-9-11-17/h7-11,16,18-20,29H,4-6,12-15H2,1-3H3,(H,26,31)(H,27,30)/t16-,18-,19+,20?,24+,25?/m1/s1. The molecular formula is C25H35N3O5. The third-order valence-corrected chi connectivity index (χ3v) is 7.76. The molecule has 3 amide bonds. The van der Waals surface area contributed by atoms with Gasteiger partial charge in [-0.2, -0.15) is 0 Å². The molecule has 4 rings (SSSR count). The molecule has 2 unspecified atom stereocenters. The van der Waals surface area contributed by atoms with Gasteiger partial charge in [0.15, 0.2) is 0 Å². The molecule has 3 saturated heterocycles. The van der Waals surface area contributed by atoms with Gasteiger partial charge in [-0.05, 0) is 44.7 Å². The highest BCUT2D eigenvalue weighted by Gasteiger charge is 2.78. The molecule has 3 fully saturated rings. The number of nitrogens with zero attached hydrogens (tertiary/aromatic N) is 1. The van der Waals surface area contributed by atoms with Crippen LogP contribution in [-0.2, 0) is 19.1 Å². The Labute approximate surface area is 195 Å². The monoisotopic (exact) mass is 457 g/mol. The van der Waals surface area contributed by atoms with Crippen LogP contribution in [0.2, 0.25) is 0 Å². The maximum absolute atomic E-state index is 13.8. The third kappa shape index (κ3) is 3.64. The van der Waals surface area contributed by atoms with E-state index in [4.69, 9.17) is 4.74 Å². The number of anilines is 1. The topological polar surface area (TPSA) is 108 Å². The lowest BCUT2D eigenvalue weighted by atomic mass is 9.65. The summed E-state index contributed by atoms with van der Waals surface area (Å²) in [6, 6.07) is 7.74. The van der Waals surface area contributed by atoms with Crippen LogP contribution in [0.3, 0.4) is 0 Å². The van der Waals surface area contributed by atoms with E-state index in [9.17, 15) is 19.5 Å². The van der Waals surface area contributed by atoms with Gasteiger partial charge in [0.1, 0.15) is 11.6 Å². The van der Waals surface area contributed by atoms with Gasteiger partial charge >= 0.3 is 0 Å². The molecule has 3 N–H and O–H groups in total. The van der Waals surface area contributed by atoms with Crippen LogP contribution in [0.4, 0.5) is 5.69 Å². The van der Waals surface area contributed by atoms with E-state index >= 15 is 0 Å². The van der Waals surface area contributed by atoms with Crippen LogP contribution in [0.15, 0.2) is 30.3 Å². The fourth-order valence-electron chi connectivity index (χ4n) is 6.14. The van der Waals surface area contributed by atoms with Gasteiger partial charge in [-0.15, -0.1) is 0 Å². The summed E-state index contributed by atoms with van der Waals surface area (Å²) in [5.41, 5.74) is -1.19. The molecule has 8 heteroatoms. The average molecular weight is 458 g/mol. The molecule has 1 spiro atoms. The van der Waals surface area contributed by atoms with Gasteiger partial charge in [-0.1, -0.05) is 38.5 Å². The minimum atomic E-state index is -1.06. The predicted octanol–water partition coefficient (Wildman–Crippen LogP) is 2.08. The van der Waals surface area contributed by atoms with Gasteiger partial charge in [0.2, 0.25) is 17.7 Å². The van der Waals surface area contributed by atoms with Gasteiger partial charge < -0.3 is 25.4 Å². The van der Waals surface area contributed by atoms with Gasteiger partial charge in [0.05, 0.1) is 30.1 Å². The van der Waals surface area contributed by atoms with Crippen molar-refractivity contribution in [1.29, 1.82) is 0 Å². The summed E-state index contributed by atoms with van der Waals surface area (Å²) in [4.78, 5) is 42.3. The second-order valence-electron chi connectivity index (χ2n) is 9.61. The molecular weight excluding hydrogens is 422 g/mol. The largest absolute Gasteiger partial charge is 0.394 e. The minimum Gasteiger partial charge on any atom is -0.394 e. The van der Waals surface area contributed by atoms with Crippen molar-refractivity contribution < 1.29 is 24.2 Å². The van der Waals surface area contributed by atoms with E-state index in [-0.39, 0.29) is 24.3 Å². The van der Waals surface area contributed by atoms with Crippen LogP contribution in [0.25, 0.3) is 0 Å². The van der Waals surface area contributed by atoms with Crippen molar-refractivity contribution in [2.45, 2.75) is 76.2 Å². The number of fused-ring (bicyclic) bond motifs is 1. The number of unbranched alkanes of at least 4 members (excludes halogenated alkanes) is 1. The molecule has 3 aliphatic heterocycles. The van der Waals surface area contributed by atoms with Crippen LogP contribution < -0.4 is 10.6 Å². The summed E-state index contributed by atoms with van der Waals surface area (Å²) in [7, 11) is 0. The van der Waals surface area contributed by atoms with E-state index in [2.05, 4.69) is 10.6 Å². The van der Waals surface area contributed by atoms with E-state index in [1.807, 2.05) is 32.0 Å².